The van der Waals surface area contributed by atoms with Crippen LogP contribution in [0.4, 0.5) is 9.18 Å². The number of halogens is 1. The van der Waals surface area contributed by atoms with Crippen LogP contribution in [0, 0.1) is 11.3 Å². The number of amides is 2. The third-order valence-corrected chi connectivity index (χ3v) is 4.42. The number of alkyl halides is 1. The molecule has 0 aromatic carbocycles. The summed E-state index contributed by atoms with van der Waals surface area (Å²) in [5.74, 6) is -0.690. The van der Waals surface area contributed by atoms with Crippen molar-refractivity contribution in [3.8, 4) is 0 Å². The molecule has 2 amide bonds. The molecule has 1 heterocycles. The maximum Gasteiger partial charge on any atom is 0.317 e. The molecule has 2 rings (SSSR count). The number of rotatable bonds is 5. The molecule has 0 bridgehead atoms. The van der Waals surface area contributed by atoms with Crippen molar-refractivity contribution >= 4 is 12.0 Å². The number of fused-ring (bicyclic) bond motifs is 1. The molecule has 2 aliphatic rings. The van der Waals surface area contributed by atoms with E-state index in [1.807, 2.05) is 0 Å². The Kier molecular flexibility index (Phi) is 4.27. The van der Waals surface area contributed by atoms with Gasteiger partial charge in [0.25, 0.3) is 0 Å². The number of likely N-dealkylation sites (tertiary alicyclic amines) is 1. The summed E-state index contributed by atoms with van der Waals surface area (Å²) < 4.78 is 11.9. The first-order chi connectivity index (χ1) is 9.10. The summed E-state index contributed by atoms with van der Waals surface area (Å²) in [5.41, 5.74) is -0.726. The van der Waals surface area contributed by atoms with E-state index in [-0.39, 0.29) is 18.6 Å². The van der Waals surface area contributed by atoms with E-state index in [9.17, 15) is 19.1 Å². The van der Waals surface area contributed by atoms with Gasteiger partial charge in [0.2, 0.25) is 0 Å². The van der Waals surface area contributed by atoms with Crippen LogP contribution in [0.15, 0.2) is 0 Å². The summed E-state index contributed by atoms with van der Waals surface area (Å²) in [7, 11) is 0. The van der Waals surface area contributed by atoms with Crippen LogP contribution in [0.25, 0.3) is 0 Å². The van der Waals surface area contributed by atoms with Crippen molar-refractivity contribution < 1.29 is 19.1 Å². The molecule has 2 fully saturated rings. The zero-order valence-electron chi connectivity index (χ0n) is 11.0. The van der Waals surface area contributed by atoms with E-state index in [1.54, 1.807) is 4.90 Å². The number of urea groups is 1. The van der Waals surface area contributed by atoms with Gasteiger partial charge in [0.15, 0.2) is 0 Å². The van der Waals surface area contributed by atoms with Crippen molar-refractivity contribution in [2.75, 3.05) is 26.3 Å². The largest absolute Gasteiger partial charge is 0.481 e. The first-order valence-electron chi connectivity index (χ1n) is 6.92. The number of hydrogen-bond acceptors (Lipinski definition) is 2. The van der Waals surface area contributed by atoms with Gasteiger partial charge in [0.05, 0.1) is 12.1 Å². The van der Waals surface area contributed by atoms with E-state index in [2.05, 4.69) is 5.32 Å². The standard InChI is InChI=1S/C13H21FN2O3/c14-6-1-2-7-15-12(19)16-8-10-4-3-5-13(10,9-16)11(17)18/h10H,1-9H2,(H,15,19)(H,17,18)/t10-,13+/m0/s1. The molecule has 0 spiro atoms. The van der Waals surface area contributed by atoms with Crippen molar-refractivity contribution in [1.29, 1.82) is 0 Å². The lowest BCUT2D eigenvalue weighted by Crippen LogP contribution is -2.41. The summed E-state index contributed by atoms with van der Waals surface area (Å²) in [6.07, 6.45) is 3.55. The molecule has 2 N–H and O–H groups in total. The van der Waals surface area contributed by atoms with Crippen LogP contribution in [0.3, 0.4) is 0 Å². The number of unbranched alkanes of at least 4 members (excludes halogenated alkanes) is 1. The highest BCUT2D eigenvalue weighted by Crippen LogP contribution is 2.48. The second-order valence-corrected chi connectivity index (χ2v) is 5.56. The maximum atomic E-state index is 11.9. The zero-order chi connectivity index (χ0) is 13.9. The Morgan fingerprint density at radius 3 is 2.84 bits per heavy atom. The first-order valence-corrected chi connectivity index (χ1v) is 6.92. The molecule has 1 saturated carbocycles. The highest BCUT2D eigenvalue weighted by atomic mass is 19.1. The number of nitrogens with zero attached hydrogens (tertiary/aromatic N) is 1. The van der Waals surface area contributed by atoms with Gasteiger partial charge in [-0.15, -0.1) is 0 Å². The number of carbonyl (C=O) groups excluding carboxylic acids is 1. The summed E-state index contributed by atoms with van der Waals surface area (Å²) >= 11 is 0. The van der Waals surface area contributed by atoms with E-state index in [0.29, 0.717) is 38.9 Å². The van der Waals surface area contributed by atoms with Crippen LogP contribution in [-0.4, -0.2) is 48.3 Å². The number of carboxylic acid groups (broad SMARTS) is 1. The fourth-order valence-electron chi connectivity index (χ4n) is 3.32. The van der Waals surface area contributed by atoms with Gasteiger partial charge in [-0.25, -0.2) is 4.79 Å². The minimum Gasteiger partial charge on any atom is -0.481 e. The number of hydrogen-bond donors (Lipinski definition) is 2. The SMILES string of the molecule is O=C(NCCCCF)N1C[C@@H]2CCC[C@@]2(C(=O)O)C1. The molecule has 108 valence electrons. The van der Waals surface area contributed by atoms with Crippen LogP contribution in [0.5, 0.6) is 0 Å². The molecule has 0 unspecified atom stereocenters. The van der Waals surface area contributed by atoms with Crippen LogP contribution in [0.1, 0.15) is 32.1 Å². The molecule has 0 aromatic heterocycles. The highest BCUT2D eigenvalue weighted by Gasteiger charge is 2.55. The lowest BCUT2D eigenvalue weighted by atomic mass is 9.81. The molecular weight excluding hydrogens is 251 g/mol. The molecule has 6 heteroatoms. The molecule has 0 radical (unpaired) electrons. The fraction of sp³-hybridized carbons (Fsp3) is 0.846. The average molecular weight is 272 g/mol. The first kappa shape index (κ1) is 14.1. The third kappa shape index (κ3) is 2.67. The molecule has 1 saturated heterocycles. The number of nitrogens with one attached hydrogen (secondary N) is 1. The van der Waals surface area contributed by atoms with Crippen molar-refractivity contribution in [2.45, 2.75) is 32.1 Å². The Labute approximate surface area is 112 Å². The van der Waals surface area contributed by atoms with E-state index >= 15 is 0 Å². The van der Waals surface area contributed by atoms with Crippen LogP contribution in [0.2, 0.25) is 0 Å². The lowest BCUT2D eigenvalue weighted by Gasteiger charge is -2.23. The Hall–Kier alpha value is -1.33. The lowest BCUT2D eigenvalue weighted by molar-refractivity contribution is -0.149. The molecular formula is C13H21FN2O3. The van der Waals surface area contributed by atoms with E-state index in [4.69, 9.17) is 0 Å². The molecule has 19 heavy (non-hydrogen) atoms. The highest BCUT2D eigenvalue weighted by molar-refractivity contribution is 5.80. The van der Waals surface area contributed by atoms with Crippen molar-refractivity contribution in [1.82, 2.24) is 10.2 Å². The van der Waals surface area contributed by atoms with Crippen molar-refractivity contribution in [3.05, 3.63) is 0 Å². The number of carbonyl (C=O) groups is 2. The quantitative estimate of drug-likeness (QED) is 0.747. The second kappa shape index (κ2) is 5.75. The van der Waals surface area contributed by atoms with Gasteiger partial charge in [-0.1, -0.05) is 6.42 Å². The zero-order valence-corrected chi connectivity index (χ0v) is 11.0. The molecule has 0 aromatic rings. The van der Waals surface area contributed by atoms with Gasteiger partial charge in [-0.2, -0.15) is 0 Å². The molecule has 2 atom stereocenters. The van der Waals surface area contributed by atoms with Gasteiger partial charge in [-0.3, -0.25) is 9.18 Å². The number of carboxylic acids is 1. The summed E-state index contributed by atoms with van der Waals surface area (Å²) in [4.78, 5) is 25.0. The smallest absolute Gasteiger partial charge is 0.317 e. The van der Waals surface area contributed by atoms with Gasteiger partial charge >= 0.3 is 12.0 Å². The van der Waals surface area contributed by atoms with Crippen molar-refractivity contribution in [3.63, 3.8) is 0 Å². The van der Waals surface area contributed by atoms with Crippen LogP contribution < -0.4 is 5.32 Å². The van der Waals surface area contributed by atoms with Crippen molar-refractivity contribution in [2.24, 2.45) is 11.3 Å². The van der Waals surface area contributed by atoms with E-state index < -0.39 is 11.4 Å². The summed E-state index contributed by atoms with van der Waals surface area (Å²) in [5, 5.41) is 12.2. The summed E-state index contributed by atoms with van der Waals surface area (Å²) in [6, 6.07) is -0.214. The van der Waals surface area contributed by atoms with E-state index in [0.717, 1.165) is 12.8 Å². The molecule has 5 nitrogen and oxygen atoms in total. The third-order valence-electron chi connectivity index (χ3n) is 4.42. The topological polar surface area (TPSA) is 69.6 Å². The Bertz CT molecular complexity index is 364. The minimum atomic E-state index is -0.775. The fourth-order valence-corrected chi connectivity index (χ4v) is 3.32. The van der Waals surface area contributed by atoms with Gasteiger partial charge in [-0.05, 0) is 31.6 Å². The molecule has 1 aliphatic heterocycles. The maximum absolute atomic E-state index is 11.9. The Morgan fingerprint density at radius 2 is 2.21 bits per heavy atom. The molecule has 1 aliphatic carbocycles. The van der Waals surface area contributed by atoms with Crippen LogP contribution in [-0.2, 0) is 4.79 Å². The predicted molar refractivity (Wildman–Crippen MR) is 67.6 cm³/mol. The van der Waals surface area contributed by atoms with E-state index in [1.165, 1.54) is 0 Å². The van der Waals surface area contributed by atoms with Gasteiger partial charge < -0.3 is 15.3 Å². The number of aliphatic carboxylic acids is 1. The minimum absolute atomic E-state index is 0.0848. The normalized spacial score (nSPS) is 29.3. The van der Waals surface area contributed by atoms with Crippen LogP contribution >= 0.6 is 0 Å². The monoisotopic (exact) mass is 272 g/mol. The average Bonchev–Trinajstić information content (AvgIpc) is 2.91. The Morgan fingerprint density at radius 1 is 1.42 bits per heavy atom. The second-order valence-electron chi connectivity index (χ2n) is 5.56. The van der Waals surface area contributed by atoms with Gasteiger partial charge in [0.1, 0.15) is 0 Å². The predicted octanol–water partition coefficient (Wildman–Crippen LogP) is 1.63. The van der Waals surface area contributed by atoms with Gasteiger partial charge in [0, 0.05) is 19.6 Å². The Balaban J connectivity index is 1.87. The summed E-state index contributed by atoms with van der Waals surface area (Å²) in [6.45, 7) is 0.914.